The molecule has 2 saturated carbocycles. The average molecular weight is 286 g/mol. The molecule has 3 rings (SSSR count). The molecule has 1 aromatic rings. The Bertz CT molecular complexity index is 373. The first-order valence-corrected chi connectivity index (χ1v) is 8.99. The molecule has 21 heavy (non-hydrogen) atoms. The summed E-state index contributed by atoms with van der Waals surface area (Å²) < 4.78 is 0. The van der Waals surface area contributed by atoms with Gasteiger partial charge in [0.2, 0.25) is 0 Å². The summed E-state index contributed by atoms with van der Waals surface area (Å²) in [4.78, 5) is 0. The molecule has 0 radical (unpaired) electrons. The van der Waals surface area contributed by atoms with Crippen LogP contribution in [0.1, 0.15) is 69.8 Å². The second-order valence-electron chi connectivity index (χ2n) is 6.81. The second kappa shape index (κ2) is 7.95. The topological polar surface area (TPSA) is 15.3 Å². The first-order chi connectivity index (χ1) is 10.4. The Morgan fingerprint density at radius 1 is 0.762 bits per heavy atom. The molecule has 1 aromatic carbocycles. The van der Waals surface area contributed by atoms with Crippen molar-refractivity contribution in [1.29, 1.82) is 0 Å². The Balaban J connectivity index is 1.62. The maximum absolute atomic E-state index is 3.81. The molecule has 0 unspecified atom stereocenters. The van der Waals surface area contributed by atoms with Gasteiger partial charge in [-0.1, -0.05) is 68.9 Å². The van der Waals surface area contributed by atoms with Crippen LogP contribution in [-0.4, -0.2) is 17.1 Å². The Morgan fingerprint density at radius 3 is 1.81 bits per heavy atom. The molecule has 0 bridgehead atoms. The molecular weight excluding hydrogens is 256 g/mol. The number of hydrogen-bond acceptors (Lipinski definition) is 2. The molecule has 2 fully saturated rings. The SMILES string of the molecule is c1ccc(CNN(C2CCCCC2)C2CCCCC2)cc1. The molecule has 0 saturated heterocycles. The van der Waals surface area contributed by atoms with Gasteiger partial charge in [-0.15, -0.1) is 0 Å². The van der Waals surface area contributed by atoms with Gasteiger partial charge in [-0.2, -0.15) is 0 Å². The van der Waals surface area contributed by atoms with Crippen molar-refractivity contribution >= 4 is 0 Å². The summed E-state index contributed by atoms with van der Waals surface area (Å²) in [7, 11) is 0. The van der Waals surface area contributed by atoms with Gasteiger partial charge < -0.3 is 0 Å². The van der Waals surface area contributed by atoms with E-state index in [2.05, 4.69) is 40.8 Å². The van der Waals surface area contributed by atoms with Gasteiger partial charge in [-0.3, -0.25) is 5.43 Å². The fourth-order valence-corrected chi connectivity index (χ4v) is 4.05. The van der Waals surface area contributed by atoms with Gasteiger partial charge in [0.25, 0.3) is 0 Å². The van der Waals surface area contributed by atoms with Crippen LogP contribution in [0.4, 0.5) is 0 Å². The fraction of sp³-hybridized carbons (Fsp3) is 0.684. The number of hydrazine groups is 1. The molecule has 0 atom stereocenters. The summed E-state index contributed by atoms with van der Waals surface area (Å²) in [5.74, 6) is 0. The van der Waals surface area contributed by atoms with E-state index in [1.54, 1.807) is 0 Å². The molecule has 2 aliphatic carbocycles. The van der Waals surface area contributed by atoms with Crippen molar-refractivity contribution in [3.63, 3.8) is 0 Å². The number of nitrogens with zero attached hydrogens (tertiary/aromatic N) is 1. The van der Waals surface area contributed by atoms with E-state index in [1.807, 2.05) is 0 Å². The van der Waals surface area contributed by atoms with Crippen LogP contribution in [0.25, 0.3) is 0 Å². The van der Waals surface area contributed by atoms with Crippen molar-refractivity contribution in [2.45, 2.75) is 82.8 Å². The van der Waals surface area contributed by atoms with Crippen LogP contribution in [0.15, 0.2) is 30.3 Å². The van der Waals surface area contributed by atoms with Gasteiger partial charge in [0, 0.05) is 18.6 Å². The molecule has 2 heteroatoms. The maximum Gasteiger partial charge on any atom is 0.0353 e. The lowest BCUT2D eigenvalue weighted by Crippen LogP contribution is -2.52. The Labute approximate surface area is 129 Å². The van der Waals surface area contributed by atoms with Crippen LogP contribution in [0, 0.1) is 0 Å². The van der Waals surface area contributed by atoms with E-state index in [1.165, 1.54) is 69.8 Å². The van der Waals surface area contributed by atoms with E-state index >= 15 is 0 Å². The highest BCUT2D eigenvalue weighted by molar-refractivity contribution is 5.14. The highest BCUT2D eigenvalue weighted by Gasteiger charge is 2.28. The Kier molecular flexibility index (Phi) is 5.70. The van der Waals surface area contributed by atoms with Crippen LogP contribution in [-0.2, 0) is 6.54 Å². The Morgan fingerprint density at radius 2 is 1.29 bits per heavy atom. The minimum atomic E-state index is 0.769. The molecule has 0 aliphatic heterocycles. The van der Waals surface area contributed by atoms with Crippen LogP contribution < -0.4 is 5.43 Å². The largest absolute Gasteiger partial charge is 0.250 e. The second-order valence-corrected chi connectivity index (χ2v) is 6.81. The number of rotatable bonds is 5. The predicted octanol–water partition coefficient (Wildman–Crippen LogP) is 4.66. The molecule has 1 N–H and O–H groups in total. The third kappa shape index (κ3) is 4.31. The van der Waals surface area contributed by atoms with Gasteiger partial charge in [0.15, 0.2) is 0 Å². The van der Waals surface area contributed by atoms with Crippen LogP contribution in [0.3, 0.4) is 0 Å². The van der Waals surface area contributed by atoms with Gasteiger partial charge in [0.1, 0.15) is 0 Å². The van der Waals surface area contributed by atoms with Gasteiger partial charge in [-0.05, 0) is 31.2 Å². The molecule has 0 aromatic heterocycles. The zero-order valence-corrected chi connectivity index (χ0v) is 13.3. The molecular formula is C19H30N2. The Hall–Kier alpha value is -0.860. The van der Waals surface area contributed by atoms with Crippen molar-refractivity contribution in [2.24, 2.45) is 0 Å². The number of benzene rings is 1. The van der Waals surface area contributed by atoms with Crippen LogP contribution >= 0.6 is 0 Å². The van der Waals surface area contributed by atoms with Gasteiger partial charge in [-0.25, -0.2) is 5.01 Å². The smallest absolute Gasteiger partial charge is 0.0353 e. The quantitative estimate of drug-likeness (QED) is 0.792. The van der Waals surface area contributed by atoms with Crippen molar-refractivity contribution in [3.05, 3.63) is 35.9 Å². The summed E-state index contributed by atoms with van der Waals surface area (Å²) >= 11 is 0. The molecule has 2 nitrogen and oxygen atoms in total. The van der Waals surface area contributed by atoms with E-state index < -0.39 is 0 Å². The van der Waals surface area contributed by atoms with E-state index in [0.717, 1.165) is 18.6 Å². The van der Waals surface area contributed by atoms with Crippen LogP contribution in [0.5, 0.6) is 0 Å². The lowest BCUT2D eigenvalue weighted by Gasteiger charge is -2.41. The minimum Gasteiger partial charge on any atom is -0.250 e. The molecule has 116 valence electrons. The first-order valence-electron chi connectivity index (χ1n) is 8.99. The lowest BCUT2D eigenvalue weighted by atomic mass is 9.90. The van der Waals surface area contributed by atoms with Crippen molar-refractivity contribution < 1.29 is 0 Å². The minimum absolute atomic E-state index is 0.769. The highest BCUT2D eigenvalue weighted by Crippen LogP contribution is 2.28. The maximum atomic E-state index is 3.81. The molecule has 0 heterocycles. The third-order valence-electron chi connectivity index (χ3n) is 5.24. The predicted molar refractivity (Wildman–Crippen MR) is 88.9 cm³/mol. The summed E-state index contributed by atoms with van der Waals surface area (Å²) in [6, 6.07) is 12.4. The summed E-state index contributed by atoms with van der Waals surface area (Å²) in [6.45, 7) is 0.980. The standard InChI is InChI=1S/C19H30N2/c1-4-10-17(11-5-1)16-20-21(18-12-6-2-7-13-18)19-14-8-3-9-15-19/h1,4-5,10-11,18-20H,2-3,6-9,12-16H2. The van der Waals surface area contributed by atoms with Crippen molar-refractivity contribution in [1.82, 2.24) is 10.4 Å². The van der Waals surface area contributed by atoms with E-state index in [4.69, 9.17) is 0 Å². The summed E-state index contributed by atoms with van der Waals surface area (Å²) in [5.41, 5.74) is 5.21. The highest BCUT2D eigenvalue weighted by atomic mass is 15.5. The molecule has 0 spiro atoms. The van der Waals surface area contributed by atoms with E-state index in [-0.39, 0.29) is 0 Å². The van der Waals surface area contributed by atoms with Gasteiger partial charge in [0.05, 0.1) is 0 Å². The zero-order chi connectivity index (χ0) is 14.3. The lowest BCUT2D eigenvalue weighted by molar-refractivity contribution is 0.0265. The third-order valence-corrected chi connectivity index (χ3v) is 5.24. The van der Waals surface area contributed by atoms with Crippen molar-refractivity contribution in [3.8, 4) is 0 Å². The normalized spacial score (nSPS) is 21.8. The van der Waals surface area contributed by atoms with Crippen LogP contribution in [0.2, 0.25) is 0 Å². The summed E-state index contributed by atoms with van der Waals surface area (Å²) in [6.07, 6.45) is 14.1. The molecule has 2 aliphatic rings. The van der Waals surface area contributed by atoms with Crippen molar-refractivity contribution in [2.75, 3.05) is 0 Å². The van der Waals surface area contributed by atoms with Gasteiger partial charge >= 0.3 is 0 Å². The average Bonchev–Trinajstić information content (AvgIpc) is 2.58. The molecule has 0 amide bonds. The monoisotopic (exact) mass is 286 g/mol. The fourth-order valence-electron chi connectivity index (χ4n) is 4.05. The zero-order valence-electron chi connectivity index (χ0n) is 13.3. The number of nitrogens with one attached hydrogen (secondary N) is 1. The number of hydrogen-bond donors (Lipinski definition) is 1. The first kappa shape index (κ1) is 15.1. The summed E-state index contributed by atoms with van der Waals surface area (Å²) in [5, 5.41) is 2.67. The van der Waals surface area contributed by atoms with E-state index in [0.29, 0.717) is 0 Å². The van der Waals surface area contributed by atoms with E-state index in [9.17, 15) is 0 Å².